The molecule has 0 aliphatic rings. The Morgan fingerprint density at radius 3 is 2.16 bits per heavy atom. The van der Waals surface area contributed by atoms with Gasteiger partial charge in [0.1, 0.15) is 24.2 Å². The van der Waals surface area contributed by atoms with Crippen molar-refractivity contribution in [1.82, 2.24) is 5.32 Å². The van der Waals surface area contributed by atoms with Gasteiger partial charge in [-0.2, -0.15) is 8.42 Å². The number of carbonyl (C=O) groups is 2. The van der Waals surface area contributed by atoms with Gasteiger partial charge in [-0.3, -0.25) is 8.98 Å². The molecule has 37 heavy (non-hydrogen) atoms. The van der Waals surface area contributed by atoms with Crippen LogP contribution in [0, 0.1) is 0 Å². The average molecular weight is 540 g/mol. The van der Waals surface area contributed by atoms with Crippen LogP contribution in [0.1, 0.15) is 62.2 Å². The number of aliphatic hydroxyl groups is 1. The van der Waals surface area contributed by atoms with Crippen molar-refractivity contribution in [1.29, 1.82) is 0 Å². The van der Waals surface area contributed by atoms with E-state index in [1.54, 1.807) is 43.3 Å². The lowest BCUT2D eigenvalue weighted by Crippen LogP contribution is -2.39. The SMILES string of the molecule is CCO.COc1ccc(C(=O)Oc2ccc(C(CNC(C)(C)C)OS(C)(=O)=O)cc2COC(C)=O)cc1. The quantitative estimate of drug-likeness (QED) is 0.263. The van der Waals surface area contributed by atoms with Crippen LogP contribution < -0.4 is 14.8 Å². The van der Waals surface area contributed by atoms with Crippen LogP contribution in [0.2, 0.25) is 0 Å². The minimum atomic E-state index is -3.77. The van der Waals surface area contributed by atoms with E-state index in [9.17, 15) is 18.0 Å². The molecule has 0 saturated heterocycles. The average Bonchev–Trinajstić information content (AvgIpc) is 2.80. The third-order valence-corrected chi connectivity index (χ3v) is 5.11. The molecule has 0 spiro atoms. The summed E-state index contributed by atoms with van der Waals surface area (Å²) in [6.07, 6.45) is 0.124. The molecule has 0 bridgehead atoms. The fraction of sp³-hybridized carbons (Fsp3) is 0.462. The minimum Gasteiger partial charge on any atom is -0.497 e. The first-order chi connectivity index (χ1) is 17.2. The summed E-state index contributed by atoms with van der Waals surface area (Å²) < 4.78 is 44.8. The maximum Gasteiger partial charge on any atom is 0.343 e. The summed E-state index contributed by atoms with van der Waals surface area (Å²) in [6, 6.07) is 11.1. The molecule has 0 aliphatic carbocycles. The number of carbonyl (C=O) groups excluding carboxylic acids is 2. The lowest BCUT2D eigenvalue weighted by molar-refractivity contribution is -0.142. The number of ether oxygens (including phenoxy) is 3. The molecule has 2 N–H and O–H groups in total. The highest BCUT2D eigenvalue weighted by Crippen LogP contribution is 2.28. The molecule has 0 aromatic heterocycles. The van der Waals surface area contributed by atoms with Gasteiger partial charge in [-0.05, 0) is 69.7 Å². The molecule has 10 nitrogen and oxygen atoms in total. The van der Waals surface area contributed by atoms with Gasteiger partial charge in [0.05, 0.1) is 18.9 Å². The van der Waals surface area contributed by atoms with E-state index in [0.717, 1.165) is 6.26 Å². The molecule has 0 fully saturated rings. The summed E-state index contributed by atoms with van der Waals surface area (Å²) in [6.45, 7) is 9.05. The largest absolute Gasteiger partial charge is 0.497 e. The smallest absolute Gasteiger partial charge is 0.343 e. The Balaban J connectivity index is 0.00000217. The summed E-state index contributed by atoms with van der Waals surface area (Å²) in [4.78, 5) is 24.0. The van der Waals surface area contributed by atoms with Crippen molar-refractivity contribution >= 4 is 22.1 Å². The van der Waals surface area contributed by atoms with E-state index in [0.29, 0.717) is 22.4 Å². The third-order valence-electron chi connectivity index (χ3n) is 4.52. The highest BCUT2D eigenvalue weighted by molar-refractivity contribution is 7.86. The number of methoxy groups -OCH3 is 1. The summed E-state index contributed by atoms with van der Waals surface area (Å²) in [5.74, 6) is -0.362. The molecule has 2 rings (SSSR count). The van der Waals surface area contributed by atoms with Gasteiger partial charge >= 0.3 is 11.9 Å². The molecule has 206 valence electrons. The van der Waals surface area contributed by atoms with Crippen molar-refractivity contribution in [3.63, 3.8) is 0 Å². The van der Waals surface area contributed by atoms with Crippen LogP contribution in [-0.2, 0) is 30.4 Å². The molecule has 1 atom stereocenters. The van der Waals surface area contributed by atoms with Crippen LogP contribution in [0.15, 0.2) is 42.5 Å². The van der Waals surface area contributed by atoms with Gasteiger partial charge in [0.25, 0.3) is 10.1 Å². The second-order valence-corrected chi connectivity index (χ2v) is 10.6. The zero-order valence-electron chi connectivity index (χ0n) is 22.4. The van der Waals surface area contributed by atoms with Crippen LogP contribution >= 0.6 is 0 Å². The van der Waals surface area contributed by atoms with Crippen molar-refractivity contribution in [2.45, 2.75) is 52.9 Å². The summed E-state index contributed by atoms with van der Waals surface area (Å²) >= 11 is 0. The maximum absolute atomic E-state index is 12.6. The van der Waals surface area contributed by atoms with E-state index in [4.69, 9.17) is 23.5 Å². The summed E-state index contributed by atoms with van der Waals surface area (Å²) in [7, 11) is -2.25. The Morgan fingerprint density at radius 1 is 1.08 bits per heavy atom. The predicted octanol–water partition coefficient (Wildman–Crippen LogP) is 3.38. The Labute approximate surface area is 219 Å². The number of hydrogen-bond donors (Lipinski definition) is 2. The van der Waals surface area contributed by atoms with Crippen molar-refractivity contribution < 1.29 is 41.5 Å². The molecule has 0 aliphatic heterocycles. The van der Waals surface area contributed by atoms with E-state index < -0.39 is 28.2 Å². The molecule has 11 heteroatoms. The monoisotopic (exact) mass is 539 g/mol. The molecule has 0 amide bonds. The number of benzene rings is 2. The molecule has 0 saturated carbocycles. The molecule has 2 aromatic carbocycles. The molecule has 0 radical (unpaired) electrons. The Morgan fingerprint density at radius 2 is 1.68 bits per heavy atom. The van der Waals surface area contributed by atoms with Gasteiger partial charge in [-0.25, -0.2) is 4.79 Å². The van der Waals surface area contributed by atoms with E-state index in [2.05, 4.69) is 5.32 Å². The molecular formula is C26H37NO9S. The van der Waals surface area contributed by atoms with Crippen molar-refractivity contribution in [3.8, 4) is 11.5 Å². The van der Waals surface area contributed by atoms with Gasteiger partial charge in [0.15, 0.2) is 0 Å². The van der Waals surface area contributed by atoms with Crippen LogP contribution in [0.3, 0.4) is 0 Å². The Bertz CT molecular complexity index is 1120. The van der Waals surface area contributed by atoms with Gasteiger partial charge in [-0.1, -0.05) is 6.07 Å². The zero-order chi connectivity index (χ0) is 28.2. The second kappa shape index (κ2) is 14.7. The van der Waals surface area contributed by atoms with E-state index in [-0.39, 0.29) is 31.0 Å². The Kier molecular flexibility index (Phi) is 12.7. The normalized spacial score (nSPS) is 12.1. The highest BCUT2D eigenvalue weighted by Gasteiger charge is 2.23. The molecule has 0 heterocycles. The van der Waals surface area contributed by atoms with Gasteiger partial charge in [0, 0.05) is 31.2 Å². The van der Waals surface area contributed by atoms with Gasteiger partial charge < -0.3 is 24.6 Å². The third kappa shape index (κ3) is 12.7. The lowest BCUT2D eigenvalue weighted by atomic mass is 10.0. The number of aliphatic hydroxyl groups excluding tert-OH is 1. The first-order valence-corrected chi connectivity index (χ1v) is 13.4. The highest BCUT2D eigenvalue weighted by atomic mass is 32.2. The number of hydrogen-bond acceptors (Lipinski definition) is 10. The van der Waals surface area contributed by atoms with E-state index in [1.807, 2.05) is 20.8 Å². The van der Waals surface area contributed by atoms with Crippen molar-refractivity contribution in [3.05, 3.63) is 59.2 Å². The standard InChI is InChI=1S/C24H31NO8S.C2H6O/c1-16(26)31-15-19-13-18(22(33-34(6,28)29)14-25-24(2,3)4)9-12-21(19)32-23(27)17-7-10-20(30-5)11-8-17;1-2-3/h7-13,22,25H,14-15H2,1-6H3;3H,2H2,1H3. The fourth-order valence-electron chi connectivity index (χ4n) is 2.89. The number of rotatable bonds is 10. The zero-order valence-corrected chi connectivity index (χ0v) is 23.2. The van der Waals surface area contributed by atoms with Crippen LogP contribution in [0.25, 0.3) is 0 Å². The minimum absolute atomic E-state index is 0.174. The van der Waals surface area contributed by atoms with Gasteiger partial charge in [-0.15, -0.1) is 0 Å². The van der Waals surface area contributed by atoms with Crippen LogP contribution in [-0.4, -0.2) is 57.5 Å². The van der Waals surface area contributed by atoms with E-state index >= 15 is 0 Å². The molecular weight excluding hydrogens is 502 g/mol. The molecule has 2 aromatic rings. The lowest BCUT2D eigenvalue weighted by Gasteiger charge is -2.25. The summed E-state index contributed by atoms with van der Waals surface area (Å²) in [5, 5.41) is 10.8. The second-order valence-electron chi connectivity index (χ2n) is 9.00. The maximum atomic E-state index is 12.6. The molecule has 1 unspecified atom stereocenters. The first-order valence-electron chi connectivity index (χ1n) is 11.6. The Hall–Kier alpha value is -2.99. The van der Waals surface area contributed by atoms with Crippen molar-refractivity contribution in [2.75, 3.05) is 26.5 Å². The fourth-order valence-corrected chi connectivity index (χ4v) is 3.50. The van der Waals surface area contributed by atoms with E-state index in [1.165, 1.54) is 20.1 Å². The summed E-state index contributed by atoms with van der Waals surface area (Å²) in [5.41, 5.74) is 0.907. The van der Waals surface area contributed by atoms with Crippen LogP contribution in [0.5, 0.6) is 11.5 Å². The number of esters is 2. The van der Waals surface area contributed by atoms with Gasteiger partial charge in [0.2, 0.25) is 0 Å². The van der Waals surface area contributed by atoms with Crippen LogP contribution in [0.4, 0.5) is 0 Å². The van der Waals surface area contributed by atoms with Crippen molar-refractivity contribution in [2.24, 2.45) is 0 Å². The first kappa shape index (κ1) is 32.0. The number of nitrogens with one attached hydrogen (secondary N) is 1. The topological polar surface area (TPSA) is 137 Å². The predicted molar refractivity (Wildman–Crippen MR) is 139 cm³/mol.